The number of hydrogen-bond acceptors (Lipinski definition) is 4. The zero-order chi connectivity index (χ0) is 12.1. The van der Waals surface area contributed by atoms with E-state index in [0.717, 1.165) is 7.11 Å². The molecule has 1 aromatic rings. The first-order chi connectivity index (χ1) is 7.61. The van der Waals surface area contributed by atoms with Crippen LogP contribution in [0.4, 0.5) is 5.69 Å². The molecule has 0 fully saturated rings. The van der Waals surface area contributed by atoms with Crippen LogP contribution in [0.1, 0.15) is 11.6 Å². The van der Waals surface area contributed by atoms with Crippen molar-refractivity contribution in [3.63, 3.8) is 0 Å². The van der Waals surface area contributed by atoms with E-state index in [4.69, 9.17) is 6.57 Å². The topological polar surface area (TPSA) is 73.8 Å². The minimum Gasteiger partial charge on any atom is -0.463 e. The number of ether oxygens (including phenoxy) is 1. The molecule has 0 saturated heterocycles. The van der Waals surface area contributed by atoms with Gasteiger partial charge in [-0.15, -0.1) is 0 Å². The summed E-state index contributed by atoms with van der Waals surface area (Å²) in [5, 5.41) is 10.7. The number of hydrogen-bond donors (Lipinski definition) is 0. The number of benzene rings is 1. The van der Waals surface area contributed by atoms with Crippen LogP contribution >= 0.6 is 0 Å². The Kier molecular flexibility index (Phi) is 3.56. The molecule has 0 spiro atoms. The highest BCUT2D eigenvalue weighted by Crippen LogP contribution is 2.28. The smallest absolute Gasteiger partial charge is 0.395 e. The van der Waals surface area contributed by atoms with Crippen LogP contribution in [0.5, 0.6) is 0 Å². The molecule has 0 heterocycles. The number of rotatable bonds is 3. The van der Waals surface area contributed by atoms with Gasteiger partial charge in [-0.1, -0.05) is 12.1 Å². The van der Waals surface area contributed by atoms with Crippen LogP contribution in [0, 0.1) is 16.7 Å². The summed E-state index contributed by atoms with van der Waals surface area (Å²) in [6, 6.07) is 4.34. The molecule has 1 atom stereocenters. The summed E-state index contributed by atoms with van der Waals surface area (Å²) in [6.45, 7) is 6.87. The van der Waals surface area contributed by atoms with Gasteiger partial charge in [0.15, 0.2) is 0 Å². The van der Waals surface area contributed by atoms with Crippen LogP contribution in [0.15, 0.2) is 24.3 Å². The fourth-order valence-electron chi connectivity index (χ4n) is 1.25. The Morgan fingerprint density at radius 3 is 2.69 bits per heavy atom. The fraction of sp³-hybridized carbons (Fsp3) is 0.200. The van der Waals surface area contributed by atoms with Crippen molar-refractivity contribution < 1.29 is 14.5 Å². The number of carbonyl (C=O) groups excluding carboxylic acids is 1. The van der Waals surface area contributed by atoms with Gasteiger partial charge in [0, 0.05) is 6.07 Å². The second-order valence-electron chi connectivity index (χ2n) is 2.87. The largest absolute Gasteiger partial charge is 0.463 e. The third-order valence-corrected chi connectivity index (χ3v) is 1.98. The van der Waals surface area contributed by atoms with Gasteiger partial charge >= 0.3 is 12.0 Å². The summed E-state index contributed by atoms with van der Waals surface area (Å²) in [5.41, 5.74) is -0.205. The summed E-state index contributed by atoms with van der Waals surface area (Å²) in [4.78, 5) is 24.4. The van der Waals surface area contributed by atoms with Crippen molar-refractivity contribution in [3.05, 3.63) is 51.4 Å². The Labute approximate surface area is 91.4 Å². The van der Waals surface area contributed by atoms with E-state index in [1.807, 2.05) is 0 Å². The Morgan fingerprint density at radius 2 is 2.19 bits per heavy atom. The van der Waals surface area contributed by atoms with E-state index in [0.29, 0.717) is 0 Å². The molecule has 0 N–H and O–H groups in total. The Bertz CT molecular complexity index is 464. The van der Waals surface area contributed by atoms with Gasteiger partial charge in [0.2, 0.25) is 0 Å². The van der Waals surface area contributed by atoms with Crippen LogP contribution in [-0.2, 0) is 9.53 Å². The van der Waals surface area contributed by atoms with E-state index in [1.54, 1.807) is 0 Å². The molecule has 6 nitrogen and oxygen atoms in total. The fourth-order valence-corrected chi connectivity index (χ4v) is 1.25. The molecule has 1 aromatic carbocycles. The number of nitro benzene ring substituents is 1. The predicted molar refractivity (Wildman–Crippen MR) is 54.5 cm³/mol. The molecular weight excluding hydrogens is 212 g/mol. The molecule has 0 aromatic heterocycles. The van der Waals surface area contributed by atoms with Crippen LogP contribution in [0.25, 0.3) is 4.85 Å². The van der Waals surface area contributed by atoms with E-state index >= 15 is 0 Å². The maximum Gasteiger partial charge on any atom is 0.395 e. The van der Waals surface area contributed by atoms with Crippen molar-refractivity contribution in [1.29, 1.82) is 0 Å². The van der Waals surface area contributed by atoms with Crippen molar-refractivity contribution in [1.82, 2.24) is 0 Å². The first kappa shape index (κ1) is 11.7. The molecule has 0 saturated carbocycles. The van der Waals surface area contributed by atoms with Gasteiger partial charge in [-0.25, -0.2) is 11.4 Å². The Morgan fingerprint density at radius 1 is 1.56 bits per heavy atom. The maximum absolute atomic E-state index is 11.3. The molecule has 16 heavy (non-hydrogen) atoms. The van der Waals surface area contributed by atoms with E-state index in [1.165, 1.54) is 24.3 Å². The molecule has 0 amide bonds. The average Bonchev–Trinajstić information content (AvgIpc) is 2.30. The number of carbonyl (C=O) groups is 1. The third kappa shape index (κ3) is 2.15. The summed E-state index contributed by atoms with van der Waals surface area (Å²) in [6.07, 6.45) is 0. The normalized spacial score (nSPS) is 11.2. The van der Waals surface area contributed by atoms with Crippen LogP contribution in [-0.4, -0.2) is 18.0 Å². The molecule has 0 radical (unpaired) electrons. The monoisotopic (exact) mass is 220 g/mol. The average molecular weight is 220 g/mol. The van der Waals surface area contributed by atoms with Gasteiger partial charge in [0.05, 0.1) is 12.0 Å². The Hall–Kier alpha value is -2.42. The van der Waals surface area contributed by atoms with Gasteiger partial charge in [0.25, 0.3) is 5.69 Å². The highest BCUT2D eigenvalue weighted by molar-refractivity contribution is 5.81. The molecule has 82 valence electrons. The van der Waals surface area contributed by atoms with Crippen LogP contribution in [0.2, 0.25) is 0 Å². The highest BCUT2D eigenvalue weighted by Gasteiger charge is 2.33. The van der Waals surface area contributed by atoms with Crippen molar-refractivity contribution in [2.24, 2.45) is 0 Å². The number of nitrogens with zero attached hydrogens (tertiary/aromatic N) is 2. The molecule has 0 aliphatic carbocycles. The summed E-state index contributed by atoms with van der Waals surface area (Å²) < 4.78 is 4.42. The van der Waals surface area contributed by atoms with Crippen molar-refractivity contribution in [2.45, 2.75) is 6.04 Å². The number of methoxy groups -OCH3 is 1. The second-order valence-corrected chi connectivity index (χ2v) is 2.87. The van der Waals surface area contributed by atoms with E-state index in [9.17, 15) is 14.9 Å². The van der Waals surface area contributed by atoms with Gasteiger partial charge in [-0.3, -0.25) is 15.0 Å². The van der Waals surface area contributed by atoms with Crippen molar-refractivity contribution >= 4 is 11.7 Å². The minimum atomic E-state index is -1.29. The highest BCUT2D eigenvalue weighted by atomic mass is 16.6. The second kappa shape index (κ2) is 4.89. The van der Waals surface area contributed by atoms with E-state index in [-0.39, 0.29) is 11.3 Å². The molecule has 6 heteroatoms. The summed E-state index contributed by atoms with van der Waals surface area (Å²) in [7, 11) is 1.13. The zero-order valence-electron chi connectivity index (χ0n) is 8.41. The molecule has 1 unspecified atom stereocenters. The van der Waals surface area contributed by atoms with Gasteiger partial charge < -0.3 is 4.74 Å². The minimum absolute atomic E-state index is 0.0503. The summed E-state index contributed by atoms with van der Waals surface area (Å²) >= 11 is 0. The summed E-state index contributed by atoms with van der Waals surface area (Å²) in [5.74, 6) is -0.802. The standard InChI is InChI=1S/C10H8N2O4/c1-11-9(10(13)16-2)7-5-3-4-6-8(7)12(14)15/h3-6,9H,2H3. The van der Waals surface area contributed by atoms with E-state index in [2.05, 4.69) is 9.58 Å². The molecule has 0 aliphatic heterocycles. The first-order valence-corrected chi connectivity index (χ1v) is 4.29. The molecular formula is C10H8N2O4. The van der Waals surface area contributed by atoms with Crippen LogP contribution < -0.4 is 0 Å². The molecule has 0 aliphatic rings. The lowest BCUT2D eigenvalue weighted by molar-refractivity contribution is -0.385. The maximum atomic E-state index is 11.3. The van der Waals surface area contributed by atoms with Gasteiger partial charge in [-0.2, -0.15) is 0 Å². The quantitative estimate of drug-likeness (QED) is 0.336. The lowest BCUT2D eigenvalue weighted by Gasteiger charge is -2.03. The third-order valence-electron chi connectivity index (χ3n) is 1.98. The first-order valence-electron chi connectivity index (χ1n) is 4.29. The van der Waals surface area contributed by atoms with Crippen molar-refractivity contribution in [3.8, 4) is 0 Å². The molecule has 1 rings (SSSR count). The number of esters is 1. The predicted octanol–water partition coefficient (Wildman–Crippen LogP) is 1.73. The molecule has 0 bridgehead atoms. The van der Waals surface area contributed by atoms with Crippen molar-refractivity contribution in [2.75, 3.05) is 7.11 Å². The number of nitro groups is 1. The number of para-hydroxylation sites is 1. The van der Waals surface area contributed by atoms with Gasteiger partial charge in [-0.05, 0) is 6.07 Å². The van der Waals surface area contributed by atoms with Crippen LogP contribution in [0.3, 0.4) is 0 Å². The lowest BCUT2D eigenvalue weighted by atomic mass is 10.1. The van der Waals surface area contributed by atoms with Gasteiger partial charge in [0.1, 0.15) is 5.56 Å². The SMILES string of the molecule is [C-]#[N+]C(C(=O)OC)c1ccccc1[N+](=O)[O-]. The lowest BCUT2D eigenvalue weighted by Crippen LogP contribution is -2.12. The van der Waals surface area contributed by atoms with E-state index < -0.39 is 16.9 Å². The Balaban J connectivity index is 3.26. The zero-order valence-corrected chi connectivity index (χ0v) is 8.41.